The highest BCUT2D eigenvalue weighted by Crippen LogP contribution is 1.98. The van der Waals surface area contributed by atoms with Crippen molar-refractivity contribution >= 4 is 16.1 Å². The van der Waals surface area contributed by atoms with Gasteiger partial charge in [0.25, 0.3) is 0 Å². The normalized spacial score (nSPS) is 13.6. The molecule has 0 fully saturated rings. The van der Waals surface area contributed by atoms with Crippen molar-refractivity contribution in [1.82, 2.24) is 0 Å². The molecule has 0 saturated carbocycles. The molecule has 0 aliphatic heterocycles. The van der Waals surface area contributed by atoms with Gasteiger partial charge in [-0.1, -0.05) is 0 Å². The van der Waals surface area contributed by atoms with Gasteiger partial charge in [-0.25, -0.2) is 8.42 Å². The second-order valence-electron chi connectivity index (χ2n) is 4.43. The maximum absolute atomic E-state index is 10.1. The van der Waals surface area contributed by atoms with Crippen LogP contribution in [0.4, 0.5) is 0 Å². The van der Waals surface area contributed by atoms with Gasteiger partial charge in [0.2, 0.25) is 0 Å². The highest BCUT2D eigenvalue weighted by atomic mass is 32.2. The molecule has 0 spiro atoms. The van der Waals surface area contributed by atoms with Crippen molar-refractivity contribution in [3.8, 4) is 0 Å². The van der Waals surface area contributed by atoms with Crippen LogP contribution in [-0.4, -0.2) is 73.7 Å². The summed E-state index contributed by atoms with van der Waals surface area (Å²) in [5.41, 5.74) is 0. The lowest BCUT2D eigenvalue weighted by Gasteiger charge is -2.25. The third kappa shape index (κ3) is 29.2. The molecule has 0 amide bonds. The monoisotopic (exact) mass is 257 g/mol. The van der Waals surface area contributed by atoms with E-state index in [1.807, 2.05) is 21.1 Å². The summed E-state index contributed by atoms with van der Waals surface area (Å²) in [5, 5.41) is 17.5. The molecule has 0 bridgehead atoms. The predicted octanol–water partition coefficient (Wildman–Crippen LogP) is -1.31. The predicted molar refractivity (Wildman–Crippen MR) is 56.8 cm³/mol. The van der Waals surface area contributed by atoms with E-state index in [1.54, 1.807) is 0 Å². The zero-order valence-electron chi connectivity index (χ0n) is 9.87. The van der Waals surface area contributed by atoms with E-state index in [0.29, 0.717) is 17.3 Å². The molecule has 8 heteroatoms. The Kier molecular flexibility index (Phi) is 7.51. The summed E-state index contributed by atoms with van der Waals surface area (Å²) in [4.78, 5) is 10.1. The van der Waals surface area contributed by atoms with Gasteiger partial charge in [0.15, 0.2) is 0 Å². The zero-order valence-corrected chi connectivity index (χ0v) is 10.7. The van der Waals surface area contributed by atoms with Crippen LogP contribution in [0, 0.1) is 0 Å². The van der Waals surface area contributed by atoms with Crippen LogP contribution in [0.1, 0.15) is 6.42 Å². The Morgan fingerprint density at radius 1 is 1.38 bits per heavy atom. The average molecular weight is 257 g/mol. The fourth-order valence-corrected chi connectivity index (χ4v) is 0.898. The van der Waals surface area contributed by atoms with Gasteiger partial charge in [0.1, 0.15) is 12.6 Å². The fourth-order valence-electron chi connectivity index (χ4n) is 0.898. The van der Waals surface area contributed by atoms with Gasteiger partial charge >= 0.3 is 5.97 Å². The van der Waals surface area contributed by atoms with E-state index in [0.717, 1.165) is 0 Å². The lowest BCUT2D eigenvalue weighted by atomic mass is 10.2. The van der Waals surface area contributed by atoms with Crippen molar-refractivity contribution in [3.05, 3.63) is 0 Å². The van der Waals surface area contributed by atoms with E-state index in [9.17, 15) is 4.79 Å². The largest absolute Gasteiger partial charge is 0.748 e. The Hall–Kier alpha value is -0.700. The van der Waals surface area contributed by atoms with Crippen LogP contribution in [0.5, 0.6) is 0 Å². The average Bonchev–Trinajstić information content (AvgIpc) is 1.72. The molecule has 0 aliphatic rings. The summed E-state index contributed by atoms with van der Waals surface area (Å²) >= 11 is 0. The molecular formula is C8H19NO6S. The maximum Gasteiger partial charge on any atom is 0.306 e. The summed E-state index contributed by atoms with van der Waals surface area (Å²) in [6.07, 6.45) is -0.310. The van der Waals surface area contributed by atoms with Crippen LogP contribution >= 0.6 is 0 Å². The number of hydrogen-bond donors (Lipinski definition) is 2. The van der Waals surface area contributed by atoms with Gasteiger partial charge in [0, 0.05) is 6.26 Å². The maximum atomic E-state index is 10.1. The molecular weight excluding hydrogens is 238 g/mol. The van der Waals surface area contributed by atoms with E-state index in [1.165, 1.54) is 0 Å². The second kappa shape index (κ2) is 6.79. The number of rotatable bonds is 4. The Labute approximate surface area is 95.6 Å². The minimum absolute atomic E-state index is 0.171. The minimum Gasteiger partial charge on any atom is -0.748 e. The van der Waals surface area contributed by atoms with Gasteiger partial charge in [-0.3, -0.25) is 4.79 Å². The summed E-state index contributed by atoms with van der Waals surface area (Å²) in [6, 6.07) is 0. The molecule has 2 N–H and O–H groups in total. The number of carboxylic acid groups (broad SMARTS) is 1. The van der Waals surface area contributed by atoms with E-state index in [4.69, 9.17) is 23.2 Å². The molecule has 0 radical (unpaired) electrons. The number of hydrogen-bond acceptors (Lipinski definition) is 5. The third-order valence-corrected chi connectivity index (χ3v) is 1.17. The fraction of sp³-hybridized carbons (Fsp3) is 0.875. The summed E-state index contributed by atoms with van der Waals surface area (Å²) in [7, 11) is 1.81. The number of aliphatic carboxylic acids is 1. The molecule has 0 aromatic rings. The number of aliphatic hydroxyl groups excluding tert-OH is 1. The Morgan fingerprint density at radius 2 is 1.69 bits per heavy atom. The first-order valence-electron chi connectivity index (χ1n) is 4.42. The summed E-state index contributed by atoms with van der Waals surface area (Å²) in [6.45, 7) is 0.465. The van der Waals surface area contributed by atoms with Crippen molar-refractivity contribution in [2.75, 3.05) is 33.9 Å². The van der Waals surface area contributed by atoms with Gasteiger partial charge < -0.3 is 19.2 Å². The van der Waals surface area contributed by atoms with Gasteiger partial charge in [-0.05, 0) is 0 Å². The first-order valence-corrected chi connectivity index (χ1v) is 6.24. The molecule has 0 heterocycles. The van der Waals surface area contributed by atoms with Crippen molar-refractivity contribution in [1.29, 1.82) is 0 Å². The second-order valence-corrected chi connectivity index (χ2v) is 5.84. The molecule has 98 valence electrons. The van der Waals surface area contributed by atoms with Gasteiger partial charge in [0.05, 0.1) is 37.7 Å². The van der Waals surface area contributed by atoms with Crippen LogP contribution < -0.4 is 0 Å². The van der Waals surface area contributed by atoms with Crippen molar-refractivity contribution in [2.45, 2.75) is 12.5 Å². The molecule has 0 aliphatic carbocycles. The highest BCUT2D eigenvalue weighted by Gasteiger charge is 2.17. The van der Waals surface area contributed by atoms with Crippen LogP contribution in [-0.2, 0) is 14.9 Å². The molecule has 0 aromatic carbocycles. The van der Waals surface area contributed by atoms with E-state index < -0.39 is 22.2 Å². The van der Waals surface area contributed by atoms with Crippen molar-refractivity contribution in [2.24, 2.45) is 0 Å². The number of nitrogens with zero attached hydrogens (tertiary/aromatic N) is 1. The lowest BCUT2D eigenvalue weighted by Crippen LogP contribution is -2.42. The van der Waals surface area contributed by atoms with E-state index in [-0.39, 0.29) is 6.42 Å². The van der Waals surface area contributed by atoms with Crippen LogP contribution in [0.25, 0.3) is 0 Å². The minimum atomic E-state index is -3.92. The molecule has 0 rings (SSSR count). The standard InChI is InChI=1S/C7H15NO3.CH4O3S/c1-8(2,3)5-6(9)4-7(10)11;1-5(2,3)4/h6,9H,4-5H2,1-3H3;1H3,(H,2,3,4). The number of carboxylic acids is 1. The zero-order chi connectivity index (χ0) is 13.6. The number of carbonyl (C=O) groups is 1. The summed E-state index contributed by atoms with van der Waals surface area (Å²) in [5.74, 6) is -0.953. The SMILES string of the molecule is CS(=O)(=O)[O-].C[N+](C)(C)CC(O)CC(=O)O. The molecule has 0 aromatic heterocycles. The number of aliphatic hydroxyl groups is 1. The third-order valence-electron chi connectivity index (χ3n) is 1.17. The molecule has 1 unspecified atom stereocenters. The molecule has 1 atom stereocenters. The molecule has 0 saturated heterocycles. The quantitative estimate of drug-likeness (QED) is 0.477. The Bertz CT molecular complexity index is 297. The van der Waals surface area contributed by atoms with E-state index >= 15 is 0 Å². The molecule has 16 heavy (non-hydrogen) atoms. The van der Waals surface area contributed by atoms with Crippen LogP contribution in [0.2, 0.25) is 0 Å². The van der Waals surface area contributed by atoms with Gasteiger partial charge in [-0.2, -0.15) is 0 Å². The number of likely N-dealkylation sites (N-methyl/N-ethyl adjacent to an activating group) is 1. The topological polar surface area (TPSA) is 115 Å². The van der Waals surface area contributed by atoms with Crippen LogP contribution in [0.3, 0.4) is 0 Å². The van der Waals surface area contributed by atoms with E-state index in [2.05, 4.69) is 0 Å². The smallest absolute Gasteiger partial charge is 0.306 e. The molecule has 7 nitrogen and oxygen atoms in total. The first-order chi connectivity index (χ1) is 6.81. The highest BCUT2D eigenvalue weighted by molar-refractivity contribution is 7.84. The Morgan fingerprint density at radius 3 is 1.88 bits per heavy atom. The lowest BCUT2D eigenvalue weighted by molar-refractivity contribution is -0.873. The van der Waals surface area contributed by atoms with Crippen molar-refractivity contribution in [3.63, 3.8) is 0 Å². The summed E-state index contributed by atoms with van der Waals surface area (Å²) < 4.78 is 27.8. The van der Waals surface area contributed by atoms with Crippen molar-refractivity contribution < 1.29 is 32.5 Å². The number of quaternary nitrogens is 1. The van der Waals surface area contributed by atoms with Crippen LogP contribution in [0.15, 0.2) is 0 Å². The van der Waals surface area contributed by atoms with Gasteiger partial charge in [-0.15, -0.1) is 0 Å². The Balaban J connectivity index is 0. The first kappa shape index (κ1) is 17.7.